The molecule has 294 valence electrons. The lowest BCUT2D eigenvalue weighted by Crippen LogP contribution is -2.14. The topological polar surface area (TPSA) is 3.24 Å². The lowest BCUT2D eigenvalue weighted by atomic mass is 9.81. The van der Waals surface area contributed by atoms with Crippen molar-refractivity contribution in [3.63, 3.8) is 0 Å². The minimum absolute atomic E-state index is 0.0592. The van der Waals surface area contributed by atoms with Gasteiger partial charge in [0.1, 0.15) is 0 Å². The lowest BCUT2D eigenvalue weighted by Gasteiger charge is -2.30. The normalized spacial score (nSPS) is 12.5. The van der Waals surface area contributed by atoms with Gasteiger partial charge in [-0.2, -0.15) is 0 Å². The molecule has 62 heavy (non-hydrogen) atoms. The SMILES string of the molecule is CC1(C)c2ccccc2-c2ccc(-c3ccc(N(c4ccccc4-c4ccc(-c5ccccc5)cc4)c4ccccc4-c4cccc(-c5cccc6ccccc56)c4)cc3)cc21. The predicted molar refractivity (Wildman–Crippen MR) is 263 cm³/mol. The second kappa shape index (κ2) is 15.4. The number of rotatable bonds is 8. The molecule has 11 rings (SSSR count). The van der Waals surface area contributed by atoms with E-state index in [0.717, 1.165) is 28.2 Å². The van der Waals surface area contributed by atoms with Gasteiger partial charge >= 0.3 is 0 Å². The maximum absolute atomic E-state index is 2.45. The molecule has 10 aromatic carbocycles. The average molecular weight is 792 g/mol. The Kier molecular flexibility index (Phi) is 9.24. The second-order valence-electron chi connectivity index (χ2n) is 16.9. The molecule has 1 aliphatic carbocycles. The Labute approximate surface area is 364 Å². The van der Waals surface area contributed by atoms with E-state index in [9.17, 15) is 0 Å². The molecule has 1 heteroatoms. The standard InChI is InChI=1S/C61H45N/c1-61(2)57-27-11-8-25-55(57)56-39-36-47(41-58(56)61)44-34-37-50(38-35-44)62(59-28-12-9-23-53(59)46-32-30-43(31-33-46)42-16-4-3-5-17-42)60-29-13-10-24-54(60)49-21-14-20-48(40-49)52-26-15-19-45-18-6-7-22-51(45)52/h3-41H,1-2H3. The van der Waals surface area contributed by atoms with Crippen LogP contribution >= 0.6 is 0 Å². The molecular weight excluding hydrogens is 747 g/mol. The third-order valence-electron chi connectivity index (χ3n) is 12.9. The molecule has 1 aliphatic rings. The molecule has 0 bridgehead atoms. The van der Waals surface area contributed by atoms with Crippen LogP contribution in [0.4, 0.5) is 17.1 Å². The van der Waals surface area contributed by atoms with Crippen LogP contribution in [0, 0.1) is 0 Å². The van der Waals surface area contributed by atoms with Gasteiger partial charge in [-0.3, -0.25) is 0 Å². The fourth-order valence-corrected chi connectivity index (χ4v) is 9.72. The maximum Gasteiger partial charge on any atom is 0.0540 e. The molecule has 0 aromatic heterocycles. The first kappa shape index (κ1) is 37.3. The van der Waals surface area contributed by atoms with E-state index < -0.39 is 0 Å². The van der Waals surface area contributed by atoms with Crippen LogP contribution in [0.1, 0.15) is 25.0 Å². The summed E-state index contributed by atoms with van der Waals surface area (Å²) in [5.41, 5.74) is 20.7. The van der Waals surface area contributed by atoms with E-state index in [1.807, 2.05) is 0 Å². The number of hydrogen-bond acceptors (Lipinski definition) is 1. The number of nitrogens with zero attached hydrogens (tertiary/aromatic N) is 1. The van der Waals surface area contributed by atoms with Crippen LogP contribution in [0.25, 0.3) is 77.5 Å². The third kappa shape index (κ3) is 6.51. The van der Waals surface area contributed by atoms with Crippen molar-refractivity contribution in [1.82, 2.24) is 0 Å². The Morgan fingerprint density at radius 2 is 0.758 bits per heavy atom. The van der Waals surface area contributed by atoms with Gasteiger partial charge in [-0.05, 0) is 114 Å². The number of hydrogen-bond donors (Lipinski definition) is 0. The first-order valence-electron chi connectivity index (χ1n) is 21.6. The van der Waals surface area contributed by atoms with Crippen LogP contribution in [-0.4, -0.2) is 0 Å². The van der Waals surface area contributed by atoms with Crippen LogP contribution < -0.4 is 4.90 Å². The Morgan fingerprint density at radius 1 is 0.290 bits per heavy atom. The van der Waals surface area contributed by atoms with Gasteiger partial charge in [0.2, 0.25) is 0 Å². The van der Waals surface area contributed by atoms with Gasteiger partial charge < -0.3 is 4.90 Å². The Morgan fingerprint density at radius 3 is 1.52 bits per heavy atom. The predicted octanol–water partition coefficient (Wildman–Crippen LogP) is 17.0. The van der Waals surface area contributed by atoms with Gasteiger partial charge in [0, 0.05) is 22.2 Å². The number of fused-ring (bicyclic) bond motifs is 4. The van der Waals surface area contributed by atoms with Gasteiger partial charge in [-0.1, -0.05) is 214 Å². The summed E-state index contributed by atoms with van der Waals surface area (Å²) in [4.78, 5) is 2.45. The van der Waals surface area contributed by atoms with Gasteiger partial charge in [-0.15, -0.1) is 0 Å². The summed E-state index contributed by atoms with van der Waals surface area (Å²) in [5.74, 6) is 0. The van der Waals surface area contributed by atoms with Crippen molar-refractivity contribution in [2.45, 2.75) is 19.3 Å². The highest BCUT2D eigenvalue weighted by Gasteiger charge is 2.35. The van der Waals surface area contributed by atoms with Crippen LogP contribution in [0.15, 0.2) is 237 Å². The van der Waals surface area contributed by atoms with E-state index >= 15 is 0 Å². The molecule has 10 aromatic rings. The summed E-state index contributed by atoms with van der Waals surface area (Å²) >= 11 is 0. The minimum Gasteiger partial charge on any atom is -0.309 e. The van der Waals surface area contributed by atoms with Crippen molar-refractivity contribution in [3.8, 4) is 66.8 Å². The van der Waals surface area contributed by atoms with Crippen molar-refractivity contribution in [3.05, 3.63) is 248 Å². The maximum atomic E-state index is 2.45. The van der Waals surface area contributed by atoms with Crippen molar-refractivity contribution in [1.29, 1.82) is 0 Å². The number of para-hydroxylation sites is 2. The minimum atomic E-state index is -0.0592. The average Bonchev–Trinajstić information content (AvgIpc) is 3.57. The van der Waals surface area contributed by atoms with Crippen LogP contribution in [0.3, 0.4) is 0 Å². The molecule has 0 saturated heterocycles. The monoisotopic (exact) mass is 791 g/mol. The number of benzene rings is 10. The van der Waals surface area contributed by atoms with E-state index in [1.54, 1.807) is 0 Å². The summed E-state index contributed by atoms with van der Waals surface area (Å²) < 4.78 is 0. The zero-order valence-corrected chi connectivity index (χ0v) is 35.0. The smallest absolute Gasteiger partial charge is 0.0540 e. The number of anilines is 3. The molecule has 0 fully saturated rings. The highest BCUT2D eigenvalue weighted by atomic mass is 15.1. The van der Waals surface area contributed by atoms with Gasteiger partial charge in [-0.25, -0.2) is 0 Å². The summed E-state index contributed by atoms with van der Waals surface area (Å²) in [7, 11) is 0. The zero-order valence-electron chi connectivity index (χ0n) is 35.0. The van der Waals surface area contributed by atoms with E-state index in [-0.39, 0.29) is 5.41 Å². The van der Waals surface area contributed by atoms with Gasteiger partial charge in [0.15, 0.2) is 0 Å². The van der Waals surface area contributed by atoms with E-state index in [4.69, 9.17) is 0 Å². The van der Waals surface area contributed by atoms with Crippen molar-refractivity contribution < 1.29 is 0 Å². The Hall–Kier alpha value is -7.74. The zero-order chi connectivity index (χ0) is 41.6. The van der Waals surface area contributed by atoms with Crippen LogP contribution in [-0.2, 0) is 5.41 Å². The first-order chi connectivity index (χ1) is 30.5. The summed E-state index contributed by atoms with van der Waals surface area (Å²) in [5, 5.41) is 2.50. The summed E-state index contributed by atoms with van der Waals surface area (Å²) in [6, 6.07) is 86.6. The molecule has 1 nitrogen and oxygen atoms in total. The molecular formula is C61H45N. The van der Waals surface area contributed by atoms with Gasteiger partial charge in [0.25, 0.3) is 0 Å². The second-order valence-corrected chi connectivity index (χ2v) is 16.9. The molecule has 0 radical (unpaired) electrons. The van der Waals surface area contributed by atoms with Crippen molar-refractivity contribution in [2.24, 2.45) is 0 Å². The fourth-order valence-electron chi connectivity index (χ4n) is 9.72. The summed E-state index contributed by atoms with van der Waals surface area (Å²) in [6.07, 6.45) is 0. The van der Waals surface area contributed by atoms with Crippen molar-refractivity contribution in [2.75, 3.05) is 4.90 Å². The summed E-state index contributed by atoms with van der Waals surface area (Å²) in [6.45, 7) is 4.70. The molecule has 0 atom stereocenters. The van der Waals surface area contributed by atoms with E-state index in [1.165, 1.54) is 77.5 Å². The van der Waals surface area contributed by atoms with Crippen LogP contribution in [0.2, 0.25) is 0 Å². The first-order valence-corrected chi connectivity index (χ1v) is 21.6. The molecule has 0 N–H and O–H groups in total. The molecule has 0 spiro atoms. The Bertz CT molecular complexity index is 3240. The molecule has 0 heterocycles. The Balaban J connectivity index is 1.04. The largest absolute Gasteiger partial charge is 0.309 e. The highest BCUT2D eigenvalue weighted by Crippen LogP contribution is 2.50. The van der Waals surface area contributed by atoms with E-state index in [2.05, 4.69) is 255 Å². The molecule has 0 amide bonds. The highest BCUT2D eigenvalue weighted by molar-refractivity contribution is 5.99. The molecule has 0 aliphatic heterocycles. The quantitative estimate of drug-likeness (QED) is 0.148. The lowest BCUT2D eigenvalue weighted by molar-refractivity contribution is 0.660. The van der Waals surface area contributed by atoms with E-state index in [0.29, 0.717) is 0 Å². The molecule has 0 saturated carbocycles. The van der Waals surface area contributed by atoms with Gasteiger partial charge in [0.05, 0.1) is 11.4 Å². The third-order valence-corrected chi connectivity index (χ3v) is 12.9. The molecule has 0 unspecified atom stereocenters. The van der Waals surface area contributed by atoms with Crippen molar-refractivity contribution >= 4 is 27.8 Å². The van der Waals surface area contributed by atoms with Crippen LogP contribution in [0.5, 0.6) is 0 Å². The fraction of sp³-hybridized carbons (Fsp3) is 0.0492.